The van der Waals surface area contributed by atoms with Crippen molar-refractivity contribution in [1.29, 1.82) is 0 Å². The summed E-state index contributed by atoms with van der Waals surface area (Å²) in [6, 6.07) is 1.78. The number of halogens is 1. The molecule has 1 N–H and O–H groups in total. The number of hydrogen-bond acceptors (Lipinski definition) is 4. The van der Waals surface area contributed by atoms with E-state index in [1.54, 1.807) is 6.07 Å². The maximum absolute atomic E-state index is 9.67. The molecule has 5 heteroatoms. The van der Waals surface area contributed by atoms with Gasteiger partial charge in [0.05, 0.1) is 6.10 Å². The third-order valence-electron chi connectivity index (χ3n) is 2.98. The molecule has 1 aromatic rings. The average molecular weight is 242 g/mol. The Labute approximate surface area is 100 Å². The van der Waals surface area contributed by atoms with Gasteiger partial charge >= 0.3 is 0 Å². The predicted octanol–water partition coefficient (Wildman–Crippen LogP) is 1.65. The van der Waals surface area contributed by atoms with E-state index in [0.717, 1.165) is 25.3 Å². The van der Waals surface area contributed by atoms with E-state index in [1.807, 2.05) is 13.8 Å². The quantitative estimate of drug-likeness (QED) is 0.760. The van der Waals surface area contributed by atoms with Gasteiger partial charge in [-0.25, -0.2) is 9.97 Å². The predicted molar refractivity (Wildman–Crippen MR) is 63.8 cm³/mol. The molecule has 0 aromatic carbocycles. The summed E-state index contributed by atoms with van der Waals surface area (Å²) in [5, 5.41) is 10.1. The zero-order chi connectivity index (χ0) is 11.7. The lowest BCUT2D eigenvalue weighted by molar-refractivity contribution is 0.0969. The number of aliphatic hydroxyl groups is 1. The highest BCUT2D eigenvalue weighted by Gasteiger charge is 2.25. The van der Waals surface area contributed by atoms with E-state index in [0.29, 0.717) is 11.0 Å². The minimum absolute atomic E-state index is 0.199. The van der Waals surface area contributed by atoms with Crippen LogP contribution >= 0.6 is 11.6 Å². The molecule has 1 fully saturated rings. The Bertz CT molecular complexity index is 365. The van der Waals surface area contributed by atoms with Crippen molar-refractivity contribution in [2.75, 3.05) is 18.0 Å². The first kappa shape index (κ1) is 11.6. The van der Waals surface area contributed by atoms with Gasteiger partial charge in [0.1, 0.15) is 16.8 Å². The molecule has 4 nitrogen and oxygen atoms in total. The largest absolute Gasteiger partial charge is 0.393 e. The molecule has 88 valence electrons. The van der Waals surface area contributed by atoms with Gasteiger partial charge in [-0.15, -0.1) is 0 Å². The van der Waals surface area contributed by atoms with Crippen LogP contribution in [0.5, 0.6) is 0 Å². The van der Waals surface area contributed by atoms with Gasteiger partial charge < -0.3 is 10.0 Å². The normalized spacial score (nSPS) is 25.9. The number of nitrogens with zero attached hydrogens (tertiary/aromatic N) is 3. The summed E-state index contributed by atoms with van der Waals surface area (Å²) in [7, 11) is 0. The molecule has 1 aliphatic heterocycles. The third kappa shape index (κ3) is 2.44. The van der Waals surface area contributed by atoms with Gasteiger partial charge in [0.25, 0.3) is 0 Å². The summed E-state index contributed by atoms with van der Waals surface area (Å²) in [4.78, 5) is 10.6. The summed E-state index contributed by atoms with van der Waals surface area (Å²) < 4.78 is 0. The molecule has 2 heterocycles. The van der Waals surface area contributed by atoms with E-state index in [4.69, 9.17) is 11.6 Å². The van der Waals surface area contributed by atoms with Crippen LogP contribution in [0, 0.1) is 12.8 Å². The highest BCUT2D eigenvalue weighted by molar-refractivity contribution is 6.29. The van der Waals surface area contributed by atoms with Crippen LogP contribution in [0.25, 0.3) is 0 Å². The molecule has 0 amide bonds. The van der Waals surface area contributed by atoms with E-state index in [9.17, 15) is 5.11 Å². The highest BCUT2D eigenvalue weighted by atomic mass is 35.5. The average Bonchev–Trinajstić information content (AvgIpc) is 2.20. The maximum Gasteiger partial charge on any atom is 0.134 e. The van der Waals surface area contributed by atoms with Crippen molar-refractivity contribution < 1.29 is 5.11 Å². The van der Waals surface area contributed by atoms with E-state index < -0.39 is 0 Å². The van der Waals surface area contributed by atoms with Crippen molar-refractivity contribution in [3.8, 4) is 0 Å². The van der Waals surface area contributed by atoms with Crippen molar-refractivity contribution in [2.24, 2.45) is 5.92 Å². The first-order valence-electron chi connectivity index (χ1n) is 5.50. The smallest absolute Gasteiger partial charge is 0.134 e. The Morgan fingerprint density at radius 3 is 2.88 bits per heavy atom. The van der Waals surface area contributed by atoms with Crippen LogP contribution in [0.1, 0.15) is 19.2 Å². The molecule has 1 aliphatic rings. The molecule has 16 heavy (non-hydrogen) atoms. The van der Waals surface area contributed by atoms with Gasteiger partial charge in [0.15, 0.2) is 0 Å². The fourth-order valence-electron chi connectivity index (χ4n) is 2.02. The van der Waals surface area contributed by atoms with Gasteiger partial charge in [0, 0.05) is 19.2 Å². The van der Waals surface area contributed by atoms with E-state index in [-0.39, 0.29) is 12.0 Å². The lowest BCUT2D eigenvalue weighted by Crippen LogP contribution is -2.42. The van der Waals surface area contributed by atoms with Crippen molar-refractivity contribution >= 4 is 17.4 Å². The van der Waals surface area contributed by atoms with Gasteiger partial charge in [-0.2, -0.15) is 0 Å². The summed E-state index contributed by atoms with van der Waals surface area (Å²) >= 11 is 5.91. The number of aromatic nitrogens is 2. The molecule has 1 saturated heterocycles. The van der Waals surface area contributed by atoms with E-state index in [2.05, 4.69) is 14.9 Å². The Morgan fingerprint density at radius 2 is 2.25 bits per heavy atom. The molecule has 0 radical (unpaired) electrons. The molecule has 0 aliphatic carbocycles. The van der Waals surface area contributed by atoms with Gasteiger partial charge in [-0.05, 0) is 19.3 Å². The zero-order valence-corrected chi connectivity index (χ0v) is 10.3. The van der Waals surface area contributed by atoms with Crippen LogP contribution < -0.4 is 4.90 Å². The number of aliphatic hydroxyl groups excluding tert-OH is 1. The molecule has 0 spiro atoms. The van der Waals surface area contributed by atoms with E-state index >= 15 is 0 Å². The monoisotopic (exact) mass is 241 g/mol. The fourth-order valence-corrected chi connectivity index (χ4v) is 2.24. The second-order valence-corrected chi connectivity index (χ2v) is 4.76. The van der Waals surface area contributed by atoms with Gasteiger partial charge in [0.2, 0.25) is 0 Å². The lowest BCUT2D eigenvalue weighted by Gasteiger charge is -2.35. The summed E-state index contributed by atoms with van der Waals surface area (Å²) in [6.07, 6.45) is 0.580. The Kier molecular flexibility index (Phi) is 3.30. The minimum atomic E-state index is -0.199. The lowest BCUT2D eigenvalue weighted by atomic mass is 9.97. The van der Waals surface area contributed by atoms with Crippen LogP contribution in [-0.4, -0.2) is 34.3 Å². The molecular weight excluding hydrogens is 226 g/mol. The Balaban J connectivity index is 2.18. The van der Waals surface area contributed by atoms with Crippen LogP contribution in [0.2, 0.25) is 5.15 Å². The van der Waals surface area contributed by atoms with Crippen molar-refractivity contribution in [3.63, 3.8) is 0 Å². The van der Waals surface area contributed by atoms with Crippen LogP contribution in [0.4, 0.5) is 5.82 Å². The Morgan fingerprint density at radius 1 is 1.50 bits per heavy atom. The number of anilines is 1. The second-order valence-electron chi connectivity index (χ2n) is 4.38. The fraction of sp³-hybridized carbons (Fsp3) is 0.636. The first-order chi connectivity index (χ1) is 7.56. The molecule has 0 bridgehead atoms. The standard InChI is InChI=1S/C11H16ClN3O/c1-7-6-15(4-3-9(7)16)11-5-10(12)13-8(2)14-11/h5,7,9,16H,3-4,6H2,1-2H3/t7-,9-/m0/s1. The van der Waals surface area contributed by atoms with Crippen molar-refractivity contribution in [1.82, 2.24) is 9.97 Å². The van der Waals surface area contributed by atoms with Gasteiger partial charge in [-0.1, -0.05) is 18.5 Å². The molecule has 2 atom stereocenters. The highest BCUT2D eigenvalue weighted by Crippen LogP contribution is 2.23. The number of piperidine rings is 1. The van der Waals surface area contributed by atoms with E-state index in [1.165, 1.54) is 0 Å². The van der Waals surface area contributed by atoms with Crippen molar-refractivity contribution in [2.45, 2.75) is 26.4 Å². The zero-order valence-electron chi connectivity index (χ0n) is 9.52. The summed E-state index contributed by atoms with van der Waals surface area (Å²) in [5.74, 6) is 1.81. The SMILES string of the molecule is Cc1nc(Cl)cc(N2CC[C@H](O)[C@@H](C)C2)n1. The molecule has 1 aromatic heterocycles. The topological polar surface area (TPSA) is 49.2 Å². The van der Waals surface area contributed by atoms with Crippen molar-refractivity contribution in [3.05, 3.63) is 17.0 Å². The minimum Gasteiger partial charge on any atom is -0.393 e. The maximum atomic E-state index is 9.67. The third-order valence-corrected chi connectivity index (χ3v) is 3.17. The Hall–Kier alpha value is -0.870. The number of hydrogen-bond donors (Lipinski definition) is 1. The summed E-state index contributed by atoms with van der Waals surface area (Å²) in [6.45, 7) is 5.51. The first-order valence-corrected chi connectivity index (χ1v) is 5.88. The van der Waals surface area contributed by atoms with Gasteiger partial charge in [-0.3, -0.25) is 0 Å². The van der Waals surface area contributed by atoms with Crippen LogP contribution in [0.15, 0.2) is 6.07 Å². The second kappa shape index (κ2) is 4.55. The number of aryl methyl sites for hydroxylation is 1. The molecule has 0 saturated carbocycles. The van der Waals surface area contributed by atoms with Crippen LogP contribution in [0.3, 0.4) is 0 Å². The molecule has 2 rings (SSSR count). The summed E-state index contributed by atoms with van der Waals surface area (Å²) in [5.41, 5.74) is 0. The van der Waals surface area contributed by atoms with Crippen LogP contribution in [-0.2, 0) is 0 Å². The number of rotatable bonds is 1. The molecular formula is C11H16ClN3O. The molecule has 0 unspecified atom stereocenters.